The fraction of sp³-hybridized carbons (Fsp3) is 0.600. The Labute approximate surface area is 230 Å². The number of benzene rings is 1. The van der Waals surface area contributed by atoms with Crippen LogP contribution in [0.2, 0.25) is 0 Å². The molecule has 0 saturated carbocycles. The molecule has 0 heterocycles. The summed E-state index contributed by atoms with van der Waals surface area (Å²) in [4.78, 5) is 27.4. The van der Waals surface area contributed by atoms with E-state index in [0.717, 1.165) is 0 Å². The van der Waals surface area contributed by atoms with Gasteiger partial charge in [-0.3, -0.25) is 9.59 Å². The third kappa shape index (κ3) is 8.79. The molecule has 2 rings (SSSR count). The summed E-state index contributed by atoms with van der Waals surface area (Å²) in [5.41, 5.74) is 0.940. The van der Waals surface area contributed by atoms with Gasteiger partial charge in [-0.1, -0.05) is 0 Å². The summed E-state index contributed by atoms with van der Waals surface area (Å²) in [6.07, 6.45) is -0.0360. The minimum Gasteiger partial charge on any atom is -0.493 e. The molecule has 2 amide bonds. The highest BCUT2D eigenvalue weighted by atomic mass is 127. The topological polar surface area (TPSA) is 147 Å². The van der Waals surface area contributed by atoms with Gasteiger partial charge in [-0.2, -0.15) is 0 Å². The lowest BCUT2D eigenvalue weighted by molar-refractivity contribution is -0.142. The van der Waals surface area contributed by atoms with Crippen LogP contribution in [-0.4, -0.2) is 104 Å². The highest BCUT2D eigenvalue weighted by molar-refractivity contribution is 14.1. The van der Waals surface area contributed by atoms with Crippen LogP contribution in [0.5, 0.6) is 11.5 Å². The maximum absolute atomic E-state index is 13.0. The third-order valence-corrected chi connectivity index (χ3v) is 6.62. The molecule has 0 unspecified atom stereocenters. The molecule has 0 aromatic heterocycles. The Balaban J connectivity index is 2.45. The second-order valence-corrected chi connectivity index (χ2v) is 9.52. The quantitative estimate of drug-likeness (QED) is 0.161. The fourth-order valence-corrected chi connectivity index (χ4v) is 4.85. The van der Waals surface area contributed by atoms with E-state index in [-0.39, 0.29) is 45.2 Å². The van der Waals surface area contributed by atoms with Crippen molar-refractivity contribution in [2.75, 3.05) is 53.7 Å². The first-order valence-corrected chi connectivity index (χ1v) is 13.2. The summed E-state index contributed by atoms with van der Waals surface area (Å²) in [6.45, 7) is 2.60. The number of nitrogens with one attached hydrogen (secondary N) is 1. The van der Waals surface area contributed by atoms with Gasteiger partial charge in [-0.05, 0) is 59.7 Å². The summed E-state index contributed by atoms with van der Waals surface area (Å²) < 4.78 is 22.8. The Hall–Kier alpha value is -1.97. The number of hydrogen-bond acceptors (Lipinski definition) is 9. The standard InChI is InChI=1S/C25H37IN2O9/c1-4-36-9-5-7-28(22(31)15-34-2)19-12-17(25(33)27-6-8-29)13-20(23(19)32)37-24-18(26)10-16(14-30)11-21(24)35-3/h10-11,13,19-20,23,29-30,32H,4-9,12,14-15H2,1-3H3,(H,27,33)/t19-,20+,23+/m1/s1. The molecule has 0 bridgehead atoms. The molecule has 0 fully saturated rings. The number of aliphatic hydroxyl groups excluding tert-OH is 3. The molecule has 1 aliphatic rings. The number of carbonyl (C=O) groups is 2. The van der Waals surface area contributed by atoms with Crippen LogP contribution < -0.4 is 14.8 Å². The van der Waals surface area contributed by atoms with Crippen molar-refractivity contribution in [3.8, 4) is 11.5 Å². The summed E-state index contributed by atoms with van der Waals surface area (Å²) in [7, 11) is 2.88. The lowest BCUT2D eigenvalue weighted by Gasteiger charge is -2.40. The van der Waals surface area contributed by atoms with Gasteiger partial charge in [-0.15, -0.1) is 0 Å². The molecule has 0 saturated heterocycles. The first-order valence-electron chi connectivity index (χ1n) is 12.1. The zero-order valence-corrected chi connectivity index (χ0v) is 23.6. The van der Waals surface area contributed by atoms with Gasteiger partial charge in [-0.25, -0.2) is 0 Å². The highest BCUT2D eigenvalue weighted by Crippen LogP contribution is 2.37. The minimum absolute atomic E-state index is 0.0595. The molecule has 11 nitrogen and oxygen atoms in total. The Bertz CT molecular complexity index is 928. The molecule has 0 radical (unpaired) electrons. The van der Waals surface area contributed by atoms with Crippen LogP contribution in [0.4, 0.5) is 0 Å². The van der Waals surface area contributed by atoms with Gasteiger partial charge in [0.1, 0.15) is 18.8 Å². The van der Waals surface area contributed by atoms with Gasteiger partial charge in [0.05, 0.1) is 29.9 Å². The molecule has 37 heavy (non-hydrogen) atoms. The molecule has 4 N–H and O–H groups in total. The van der Waals surface area contributed by atoms with E-state index < -0.39 is 24.2 Å². The zero-order valence-electron chi connectivity index (χ0n) is 21.4. The number of aliphatic hydroxyl groups is 3. The maximum Gasteiger partial charge on any atom is 0.248 e. The van der Waals surface area contributed by atoms with E-state index in [1.807, 2.05) is 29.5 Å². The average Bonchev–Trinajstić information content (AvgIpc) is 2.89. The summed E-state index contributed by atoms with van der Waals surface area (Å²) in [6, 6.07) is 2.58. The number of amides is 2. The summed E-state index contributed by atoms with van der Waals surface area (Å²) in [5, 5.41) is 32.7. The van der Waals surface area contributed by atoms with Crippen molar-refractivity contribution in [2.45, 2.75) is 44.6 Å². The van der Waals surface area contributed by atoms with Crippen molar-refractivity contribution >= 4 is 34.4 Å². The van der Waals surface area contributed by atoms with Gasteiger partial charge in [0, 0.05) is 45.4 Å². The fourth-order valence-electron chi connectivity index (χ4n) is 4.06. The van der Waals surface area contributed by atoms with E-state index in [2.05, 4.69) is 5.32 Å². The molecule has 1 aliphatic carbocycles. The summed E-state index contributed by atoms with van der Waals surface area (Å²) >= 11 is 2.04. The van der Waals surface area contributed by atoms with Crippen molar-refractivity contribution in [1.29, 1.82) is 0 Å². The maximum atomic E-state index is 13.0. The number of carbonyl (C=O) groups excluding carboxylic acids is 2. The van der Waals surface area contributed by atoms with Crippen molar-refractivity contribution in [3.05, 3.63) is 32.9 Å². The van der Waals surface area contributed by atoms with Gasteiger partial charge in [0.2, 0.25) is 11.8 Å². The smallest absolute Gasteiger partial charge is 0.248 e. The van der Waals surface area contributed by atoms with E-state index in [4.69, 9.17) is 24.1 Å². The Morgan fingerprint density at radius 1 is 1.24 bits per heavy atom. The number of halogens is 1. The molecule has 1 aromatic carbocycles. The minimum atomic E-state index is -1.18. The van der Waals surface area contributed by atoms with Crippen LogP contribution in [0.15, 0.2) is 23.8 Å². The molecular weight excluding hydrogens is 599 g/mol. The van der Waals surface area contributed by atoms with Crippen LogP contribution in [0, 0.1) is 3.57 Å². The predicted octanol–water partition coefficient (Wildman–Crippen LogP) is 0.609. The van der Waals surface area contributed by atoms with E-state index >= 15 is 0 Å². The van der Waals surface area contributed by atoms with Crippen molar-refractivity contribution in [2.24, 2.45) is 0 Å². The van der Waals surface area contributed by atoms with Crippen LogP contribution in [0.1, 0.15) is 25.3 Å². The molecule has 0 spiro atoms. The van der Waals surface area contributed by atoms with E-state index in [1.54, 1.807) is 12.1 Å². The Kier molecular flexibility index (Phi) is 13.6. The van der Waals surface area contributed by atoms with Crippen LogP contribution in [0.3, 0.4) is 0 Å². The predicted molar refractivity (Wildman–Crippen MR) is 143 cm³/mol. The highest BCUT2D eigenvalue weighted by Gasteiger charge is 2.40. The molecule has 12 heteroatoms. The van der Waals surface area contributed by atoms with E-state index in [9.17, 15) is 19.8 Å². The first-order chi connectivity index (χ1) is 17.8. The number of methoxy groups -OCH3 is 2. The molecule has 1 aromatic rings. The van der Waals surface area contributed by atoms with E-state index in [1.165, 1.54) is 25.2 Å². The molecular formula is C25H37IN2O9. The monoisotopic (exact) mass is 636 g/mol. The van der Waals surface area contributed by atoms with Crippen LogP contribution in [-0.2, 0) is 25.7 Å². The lowest BCUT2D eigenvalue weighted by atomic mass is 9.88. The molecule has 3 atom stereocenters. The first kappa shape index (κ1) is 31.2. The average molecular weight is 636 g/mol. The van der Waals surface area contributed by atoms with E-state index in [0.29, 0.717) is 45.8 Å². The third-order valence-electron chi connectivity index (χ3n) is 5.82. The normalized spacial score (nSPS) is 19.2. The number of ether oxygens (including phenoxy) is 4. The SMILES string of the molecule is CCOCCCN(C(=O)COC)[C@@H]1CC(C(=O)NCCO)=C[C@H](Oc2c(I)cc(CO)cc2OC)[C@H]1O. The largest absolute Gasteiger partial charge is 0.493 e. The lowest BCUT2D eigenvalue weighted by Crippen LogP contribution is -2.56. The number of nitrogens with zero attached hydrogens (tertiary/aromatic N) is 1. The Morgan fingerprint density at radius 2 is 2.00 bits per heavy atom. The van der Waals surface area contributed by atoms with Gasteiger partial charge in [0.15, 0.2) is 11.5 Å². The second-order valence-electron chi connectivity index (χ2n) is 8.35. The van der Waals surface area contributed by atoms with Gasteiger partial charge < -0.3 is 44.5 Å². The number of hydrogen-bond donors (Lipinski definition) is 4. The zero-order chi connectivity index (χ0) is 27.4. The number of rotatable bonds is 15. The van der Waals surface area contributed by atoms with Crippen molar-refractivity contribution in [3.63, 3.8) is 0 Å². The van der Waals surface area contributed by atoms with Gasteiger partial charge >= 0.3 is 0 Å². The Morgan fingerprint density at radius 3 is 2.62 bits per heavy atom. The molecule has 0 aliphatic heterocycles. The molecule has 208 valence electrons. The van der Waals surface area contributed by atoms with Crippen molar-refractivity contribution < 1.29 is 43.9 Å². The van der Waals surface area contributed by atoms with Crippen molar-refractivity contribution in [1.82, 2.24) is 10.2 Å². The van der Waals surface area contributed by atoms with Gasteiger partial charge in [0.25, 0.3) is 0 Å². The van der Waals surface area contributed by atoms with Crippen LogP contribution >= 0.6 is 22.6 Å². The van der Waals surface area contributed by atoms with Crippen LogP contribution in [0.25, 0.3) is 0 Å². The summed E-state index contributed by atoms with van der Waals surface area (Å²) in [5.74, 6) is -0.0694. The second kappa shape index (κ2) is 16.1.